The van der Waals surface area contributed by atoms with Crippen molar-refractivity contribution in [1.82, 2.24) is 25.1 Å². The number of fused-ring (bicyclic) bond motifs is 1. The molecule has 0 atom stereocenters. The van der Waals surface area contributed by atoms with Gasteiger partial charge in [-0.25, -0.2) is 9.97 Å². The number of rotatable bonds is 4. The van der Waals surface area contributed by atoms with E-state index >= 15 is 0 Å². The van der Waals surface area contributed by atoms with Crippen LogP contribution in [0.5, 0.6) is 0 Å². The molecule has 0 radical (unpaired) electrons. The zero-order chi connectivity index (χ0) is 20.3. The number of pyridine rings is 3. The molecule has 5 rings (SSSR count). The van der Waals surface area contributed by atoms with E-state index in [9.17, 15) is 4.79 Å². The molecule has 0 aromatic carbocycles. The Bertz CT molecular complexity index is 1190. The molecule has 9 nitrogen and oxygen atoms in total. The van der Waals surface area contributed by atoms with Gasteiger partial charge in [-0.15, -0.1) is 10.2 Å². The number of ether oxygens (including phenoxy) is 1. The van der Waals surface area contributed by atoms with E-state index in [4.69, 9.17) is 4.74 Å². The lowest BCUT2D eigenvalue weighted by molar-refractivity contribution is 0.102. The first kappa shape index (κ1) is 18.5. The number of hydrogen-bond acceptors (Lipinski definition) is 9. The first-order valence-corrected chi connectivity index (χ1v) is 10.3. The summed E-state index contributed by atoms with van der Waals surface area (Å²) in [5, 5.41) is 12.5. The van der Waals surface area contributed by atoms with E-state index in [1.807, 2.05) is 6.07 Å². The summed E-state index contributed by atoms with van der Waals surface area (Å²) in [6, 6.07) is 7.24. The standard InChI is InChI=1S/C20H17N7O2S/c28-19(13-1-2-21-18(9-13)27-3-5-29-6-4-27)25-17-8-14-7-15(20-26-24-12-30-20)10-22-16(14)11-23-17/h1-2,7-12H,3-6H2,(H,23,25,28). The summed E-state index contributed by atoms with van der Waals surface area (Å²) in [5.41, 5.74) is 3.81. The summed E-state index contributed by atoms with van der Waals surface area (Å²) in [6.07, 6.45) is 5.03. The average molecular weight is 419 g/mol. The van der Waals surface area contributed by atoms with Crippen molar-refractivity contribution in [3.05, 3.63) is 53.9 Å². The maximum absolute atomic E-state index is 12.8. The van der Waals surface area contributed by atoms with Crippen LogP contribution in [0.1, 0.15) is 10.4 Å². The van der Waals surface area contributed by atoms with Crippen LogP contribution in [0, 0.1) is 0 Å². The van der Waals surface area contributed by atoms with E-state index in [0.717, 1.165) is 40.4 Å². The van der Waals surface area contributed by atoms with Gasteiger partial charge in [0.05, 0.1) is 24.9 Å². The minimum absolute atomic E-state index is 0.244. The third-order valence-corrected chi connectivity index (χ3v) is 5.50. The predicted molar refractivity (Wildman–Crippen MR) is 114 cm³/mol. The molecule has 4 aromatic heterocycles. The molecule has 1 saturated heterocycles. The van der Waals surface area contributed by atoms with Gasteiger partial charge in [0.1, 0.15) is 22.2 Å². The minimum Gasteiger partial charge on any atom is -0.378 e. The zero-order valence-corrected chi connectivity index (χ0v) is 16.7. The van der Waals surface area contributed by atoms with Crippen LogP contribution >= 0.6 is 11.3 Å². The molecule has 0 unspecified atom stereocenters. The van der Waals surface area contributed by atoms with Crippen molar-refractivity contribution < 1.29 is 9.53 Å². The first-order valence-electron chi connectivity index (χ1n) is 9.39. The molecule has 150 valence electrons. The van der Waals surface area contributed by atoms with Crippen LogP contribution in [0.25, 0.3) is 21.5 Å². The van der Waals surface area contributed by atoms with E-state index < -0.39 is 0 Å². The molecular weight excluding hydrogens is 402 g/mol. The highest BCUT2D eigenvalue weighted by Gasteiger charge is 2.15. The quantitative estimate of drug-likeness (QED) is 0.538. The smallest absolute Gasteiger partial charge is 0.257 e. The van der Waals surface area contributed by atoms with Gasteiger partial charge in [0.15, 0.2) is 0 Å². The molecule has 0 aliphatic carbocycles. The van der Waals surface area contributed by atoms with Crippen molar-refractivity contribution in [3.8, 4) is 10.6 Å². The molecule has 1 amide bonds. The third-order valence-electron chi connectivity index (χ3n) is 4.76. The number of morpholine rings is 1. The van der Waals surface area contributed by atoms with Crippen molar-refractivity contribution in [3.63, 3.8) is 0 Å². The summed E-state index contributed by atoms with van der Waals surface area (Å²) in [5.74, 6) is 0.976. The van der Waals surface area contributed by atoms with Crippen LogP contribution in [0.3, 0.4) is 0 Å². The number of hydrogen-bond donors (Lipinski definition) is 1. The number of nitrogens with zero attached hydrogens (tertiary/aromatic N) is 6. The van der Waals surface area contributed by atoms with Gasteiger partial charge in [-0.3, -0.25) is 9.78 Å². The molecule has 10 heteroatoms. The number of aromatic nitrogens is 5. The molecular formula is C20H17N7O2S. The van der Waals surface area contributed by atoms with Crippen LogP contribution < -0.4 is 10.2 Å². The Kier molecular flexibility index (Phi) is 4.99. The highest BCUT2D eigenvalue weighted by molar-refractivity contribution is 7.12. The Morgan fingerprint density at radius 2 is 2.00 bits per heavy atom. The van der Waals surface area contributed by atoms with E-state index in [0.29, 0.717) is 24.6 Å². The Balaban J connectivity index is 1.37. The lowest BCUT2D eigenvalue weighted by Gasteiger charge is -2.27. The SMILES string of the molecule is O=C(Nc1cc2cc(-c3nncs3)cnc2cn1)c1ccnc(N2CCOCC2)c1. The highest BCUT2D eigenvalue weighted by atomic mass is 32.1. The Hall–Kier alpha value is -3.50. The van der Waals surface area contributed by atoms with Gasteiger partial charge in [-0.1, -0.05) is 11.3 Å². The highest BCUT2D eigenvalue weighted by Crippen LogP contribution is 2.24. The summed E-state index contributed by atoms with van der Waals surface area (Å²) >= 11 is 1.44. The van der Waals surface area contributed by atoms with E-state index in [1.165, 1.54) is 11.3 Å². The van der Waals surface area contributed by atoms with Crippen LogP contribution in [-0.4, -0.2) is 57.4 Å². The lowest BCUT2D eigenvalue weighted by atomic mass is 10.2. The fraction of sp³-hybridized carbons (Fsp3) is 0.200. The zero-order valence-electron chi connectivity index (χ0n) is 15.9. The van der Waals surface area contributed by atoms with Crippen LogP contribution in [0.15, 0.2) is 48.4 Å². The Morgan fingerprint density at radius 1 is 1.10 bits per heavy atom. The van der Waals surface area contributed by atoms with Gasteiger partial charge in [-0.05, 0) is 24.3 Å². The Morgan fingerprint density at radius 3 is 2.83 bits per heavy atom. The van der Waals surface area contributed by atoms with Crippen molar-refractivity contribution in [2.45, 2.75) is 0 Å². The molecule has 0 saturated carbocycles. The monoisotopic (exact) mass is 419 g/mol. The second-order valence-corrected chi connectivity index (χ2v) is 7.52. The largest absolute Gasteiger partial charge is 0.378 e. The fourth-order valence-electron chi connectivity index (χ4n) is 3.23. The first-order chi connectivity index (χ1) is 14.8. The molecule has 5 heterocycles. The topological polar surface area (TPSA) is 106 Å². The van der Waals surface area contributed by atoms with Crippen molar-refractivity contribution >= 4 is 39.8 Å². The molecule has 30 heavy (non-hydrogen) atoms. The predicted octanol–water partition coefficient (Wildman–Crippen LogP) is 2.63. The molecule has 1 aliphatic heterocycles. The number of carbonyl (C=O) groups is 1. The third kappa shape index (κ3) is 3.82. The van der Waals surface area contributed by atoms with E-state index in [-0.39, 0.29) is 5.91 Å². The second kappa shape index (κ2) is 8.09. The number of anilines is 2. The molecule has 1 aliphatic rings. The minimum atomic E-state index is -0.244. The summed E-state index contributed by atoms with van der Waals surface area (Å²) in [7, 11) is 0. The number of carbonyl (C=O) groups excluding carboxylic acids is 1. The van der Waals surface area contributed by atoms with Gasteiger partial charge in [0, 0.05) is 42.0 Å². The van der Waals surface area contributed by atoms with Crippen LogP contribution in [0.4, 0.5) is 11.6 Å². The summed E-state index contributed by atoms with van der Waals surface area (Å²) in [4.78, 5) is 28.0. The van der Waals surface area contributed by atoms with E-state index in [1.54, 1.807) is 42.3 Å². The summed E-state index contributed by atoms with van der Waals surface area (Å²) < 4.78 is 5.38. The molecule has 1 fully saturated rings. The van der Waals surface area contributed by atoms with Gasteiger partial charge < -0.3 is 15.0 Å². The van der Waals surface area contributed by atoms with Crippen molar-refractivity contribution in [2.24, 2.45) is 0 Å². The van der Waals surface area contributed by atoms with Gasteiger partial charge >= 0.3 is 0 Å². The van der Waals surface area contributed by atoms with Gasteiger partial charge in [-0.2, -0.15) is 0 Å². The van der Waals surface area contributed by atoms with E-state index in [2.05, 4.69) is 35.4 Å². The number of amides is 1. The Labute approximate surface area is 175 Å². The lowest BCUT2D eigenvalue weighted by Crippen LogP contribution is -2.36. The fourth-order valence-corrected chi connectivity index (χ4v) is 3.76. The van der Waals surface area contributed by atoms with Crippen molar-refractivity contribution in [2.75, 3.05) is 36.5 Å². The molecule has 0 bridgehead atoms. The van der Waals surface area contributed by atoms with Crippen LogP contribution in [-0.2, 0) is 4.74 Å². The maximum atomic E-state index is 12.8. The molecule has 1 N–H and O–H groups in total. The second-order valence-electron chi connectivity index (χ2n) is 6.69. The maximum Gasteiger partial charge on any atom is 0.257 e. The normalized spacial score (nSPS) is 14.1. The number of nitrogens with one attached hydrogen (secondary N) is 1. The van der Waals surface area contributed by atoms with Gasteiger partial charge in [0.25, 0.3) is 5.91 Å². The van der Waals surface area contributed by atoms with Crippen LogP contribution in [0.2, 0.25) is 0 Å². The summed E-state index contributed by atoms with van der Waals surface area (Å²) in [6.45, 7) is 2.83. The molecule has 0 spiro atoms. The average Bonchev–Trinajstić information content (AvgIpc) is 3.34. The van der Waals surface area contributed by atoms with Gasteiger partial charge in [0.2, 0.25) is 0 Å². The van der Waals surface area contributed by atoms with Crippen molar-refractivity contribution in [1.29, 1.82) is 0 Å². The molecule has 4 aromatic rings.